The fourth-order valence-electron chi connectivity index (χ4n) is 1.54. The van der Waals surface area contributed by atoms with E-state index in [2.05, 4.69) is 22.1 Å². The smallest absolute Gasteiger partial charge is 0.231 e. The maximum Gasteiger partial charge on any atom is 0.231 e. The van der Waals surface area contributed by atoms with Crippen molar-refractivity contribution in [1.29, 1.82) is 0 Å². The Labute approximate surface area is 138 Å². The summed E-state index contributed by atoms with van der Waals surface area (Å²) in [6, 6.07) is 9.60. The number of carbonyl (C=O) groups excluding carboxylic acids is 1. The molecule has 0 aliphatic heterocycles. The zero-order valence-corrected chi connectivity index (χ0v) is 13.1. The number of nitrogens with one attached hydrogen (secondary N) is 1. The van der Waals surface area contributed by atoms with Crippen molar-refractivity contribution >= 4 is 17.7 Å². The van der Waals surface area contributed by atoms with E-state index in [-0.39, 0.29) is 30.6 Å². The summed E-state index contributed by atoms with van der Waals surface area (Å²) in [4.78, 5) is 16.4. The summed E-state index contributed by atoms with van der Waals surface area (Å²) in [5, 5.41) is 2.69. The molecule has 0 aliphatic rings. The van der Waals surface area contributed by atoms with Gasteiger partial charge in [0.15, 0.2) is 0 Å². The van der Waals surface area contributed by atoms with Gasteiger partial charge in [0, 0.05) is 11.1 Å². The molecule has 2 aromatic rings. The first kappa shape index (κ1) is 16.8. The first-order valence-corrected chi connectivity index (χ1v) is 7.86. The van der Waals surface area contributed by atoms with Crippen molar-refractivity contribution in [3.8, 4) is 17.6 Å². The molecule has 1 heterocycles. The molecule has 1 aromatic heterocycles. The maximum absolute atomic E-state index is 12.7. The highest BCUT2D eigenvalue weighted by Crippen LogP contribution is 2.17. The van der Waals surface area contributed by atoms with E-state index < -0.39 is 0 Å². The number of nitrogens with zero attached hydrogens (tertiary/aromatic N) is 1. The van der Waals surface area contributed by atoms with Crippen LogP contribution in [0.15, 0.2) is 53.7 Å². The van der Waals surface area contributed by atoms with Crippen molar-refractivity contribution < 1.29 is 13.9 Å². The summed E-state index contributed by atoms with van der Waals surface area (Å²) in [5.41, 5.74) is 0. The Hall–Kier alpha value is -2.52. The summed E-state index contributed by atoms with van der Waals surface area (Å²) in [6.07, 6.45) is 3.27. The first-order valence-electron chi connectivity index (χ1n) is 6.87. The Bertz CT molecular complexity index is 681. The number of ether oxygens (including phenoxy) is 1. The monoisotopic (exact) mass is 330 g/mol. The summed E-state index contributed by atoms with van der Waals surface area (Å²) < 4.78 is 18.1. The van der Waals surface area contributed by atoms with Gasteiger partial charge in [0.25, 0.3) is 0 Å². The minimum Gasteiger partial charge on any atom is -0.479 e. The van der Waals surface area contributed by atoms with E-state index in [0.717, 1.165) is 4.90 Å². The average Bonchev–Trinajstić information content (AvgIpc) is 2.58. The second-order valence-electron chi connectivity index (χ2n) is 4.35. The number of hydrogen-bond acceptors (Lipinski definition) is 4. The minimum absolute atomic E-state index is 0.123. The molecule has 0 atom stereocenters. The van der Waals surface area contributed by atoms with E-state index in [0.29, 0.717) is 5.75 Å². The Morgan fingerprint density at radius 2 is 2.09 bits per heavy atom. The highest BCUT2D eigenvalue weighted by Gasteiger charge is 2.01. The van der Waals surface area contributed by atoms with Crippen molar-refractivity contribution in [3.63, 3.8) is 0 Å². The lowest BCUT2D eigenvalue weighted by atomic mass is 10.4. The normalized spacial score (nSPS) is 9.61. The Balaban J connectivity index is 1.59. The van der Waals surface area contributed by atoms with Crippen LogP contribution in [0.3, 0.4) is 0 Å². The summed E-state index contributed by atoms with van der Waals surface area (Å²) in [7, 11) is 0. The molecule has 0 unspecified atom stereocenters. The van der Waals surface area contributed by atoms with Crippen LogP contribution < -0.4 is 10.1 Å². The molecule has 23 heavy (non-hydrogen) atoms. The van der Waals surface area contributed by atoms with Gasteiger partial charge in [0.2, 0.25) is 5.91 Å². The van der Waals surface area contributed by atoms with E-state index in [9.17, 15) is 9.18 Å². The van der Waals surface area contributed by atoms with Crippen LogP contribution in [0.2, 0.25) is 0 Å². The van der Waals surface area contributed by atoms with Gasteiger partial charge in [0.1, 0.15) is 18.2 Å². The van der Waals surface area contributed by atoms with Gasteiger partial charge in [-0.15, -0.1) is 11.8 Å². The van der Waals surface area contributed by atoms with Gasteiger partial charge in [0.05, 0.1) is 18.5 Å². The van der Waals surface area contributed by atoms with Crippen LogP contribution in [0.4, 0.5) is 4.39 Å². The van der Waals surface area contributed by atoms with E-state index >= 15 is 0 Å². The van der Waals surface area contributed by atoms with Gasteiger partial charge < -0.3 is 10.1 Å². The average molecular weight is 330 g/mol. The van der Waals surface area contributed by atoms with E-state index in [1.807, 2.05) is 0 Å². The summed E-state index contributed by atoms with van der Waals surface area (Å²) in [6.45, 7) is 0.505. The van der Waals surface area contributed by atoms with E-state index in [1.165, 1.54) is 23.9 Å². The number of pyridine rings is 1. The summed E-state index contributed by atoms with van der Waals surface area (Å²) in [5.74, 6) is 6.12. The highest BCUT2D eigenvalue weighted by atomic mass is 32.2. The third kappa shape index (κ3) is 6.85. The van der Waals surface area contributed by atoms with Crippen LogP contribution in [0.1, 0.15) is 0 Å². The van der Waals surface area contributed by atoms with Crippen LogP contribution in [-0.2, 0) is 4.79 Å². The quantitative estimate of drug-likeness (QED) is 0.653. The van der Waals surface area contributed by atoms with Crippen molar-refractivity contribution in [3.05, 3.63) is 54.6 Å². The third-order valence-electron chi connectivity index (χ3n) is 2.63. The second kappa shape index (κ2) is 9.49. The molecule has 0 fully saturated rings. The van der Waals surface area contributed by atoms with Crippen LogP contribution in [0, 0.1) is 17.7 Å². The standard InChI is InChI=1S/C17H15FN2O2S/c18-14-5-7-16(8-6-14)23-13-17(21)20-10-1-2-11-22-15-4-3-9-19-12-15/h3-9,12H,10-11,13H2,(H,20,21). The largest absolute Gasteiger partial charge is 0.479 e. The summed E-state index contributed by atoms with van der Waals surface area (Å²) >= 11 is 1.34. The number of hydrogen-bond donors (Lipinski definition) is 1. The van der Waals surface area contributed by atoms with Crippen LogP contribution in [0.5, 0.6) is 5.75 Å². The first-order chi connectivity index (χ1) is 11.2. The fraction of sp³-hybridized carbons (Fsp3) is 0.176. The SMILES string of the molecule is O=C(CSc1ccc(F)cc1)NCC#CCOc1cccnc1. The van der Waals surface area contributed by atoms with Crippen molar-refractivity contribution in [2.24, 2.45) is 0 Å². The molecule has 2 rings (SSSR count). The molecular weight excluding hydrogens is 315 g/mol. The fourth-order valence-corrected chi connectivity index (χ4v) is 2.27. The number of carbonyl (C=O) groups is 1. The van der Waals surface area contributed by atoms with Crippen molar-refractivity contribution in [2.75, 3.05) is 18.9 Å². The lowest BCUT2D eigenvalue weighted by Crippen LogP contribution is -2.25. The molecule has 0 aliphatic carbocycles. The highest BCUT2D eigenvalue weighted by molar-refractivity contribution is 8.00. The lowest BCUT2D eigenvalue weighted by molar-refractivity contribution is -0.118. The molecule has 1 amide bonds. The Kier molecular flexibility index (Phi) is 6.95. The number of thioether (sulfide) groups is 1. The topological polar surface area (TPSA) is 51.2 Å². The Morgan fingerprint density at radius 3 is 2.83 bits per heavy atom. The molecule has 1 aromatic carbocycles. The number of halogens is 1. The number of benzene rings is 1. The molecular formula is C17H15FN2O2S. The molecule has 1 N–H and O–H groups in total. The molecule has 0 spiro atoms. The number of rotatable bonds is 6. The molecule has 4 nitrogen and oxygen atoms in total. The molecule has 0 saturated carbocycles. The zero-order valence-electron chi connectivity index (χ0n) is 12.3. The molecule has 0 saturated heterocycles. The Morgan fingerprint density at radius 1 is 1.26 bits per heavy atom. The lowest BCUT2D eigenvalue weighted by Gasteiger charge is -2.02. The van der Waals surface area contributed by atoms with Crippen molar-refractivity contribution in [2.45, 2.75) is 4.90 Å². The van der Waals surface area contributed by atoms with Gasteiger partial charge in [-0.3, -0.25) is 9.78 Å². The van der Waals surface area contributed by atoms with Gasteiger partial charge in [-0.1, -0.05) is 11.8 Å². The number of amides is 1. The zero-order chi connectivity index (χ0) is 16.3. The van der Waals surface area contributed by atoms with Crippen LogP contribution in [0.25, 0.3) is 0 Å². The van der Waals surface area contributed by atoms with E-state index in [4.69, 9.17) is 4.74 Å². The molecule has 0 radical (unpaired) electrons. The van der Waals surface area contributed by atoms with Gasteiger partial charge in [-0.25, -0.2) is 4.39 Å². The predicted octanol–water partition coefficient (Wildman–Crippen LogP) is 2.51. The van der Waals surface area contributed by atoms with Crippen molar-refractivity contribution in [1.82, 2.24) is 10.3 Å². The molecule has 0 bridgehead atoms. The predicted molar refractivity (Wildman–Crippen MR) is 87.6 cm³/mol. The molecule has 6 heteroatoms. The van der Waals surface area contributed by atoms with Gasteiger partial charge >= 0.3 is 0 Å². The van der Waals surface area contributed by atoms with Crippen LogP contribution >= 0.6 is 11.8 Å². The molecule has 118 valence electrons. The third-order valence-corrected chi connectivity index (χ3v) is 3.64. The second-order valence-corrected chi connectivity index (χ2v) is 5.40. The maximum atomic E-state index is 12.7. The minimum atomic E-state index is -0.289. The van der Waals surface area contributed by atoms with Gasteiger partial charge in [-0.2, -0.15) is 0 Å². The van der Waals surface area contributed by atoms with Crippen LogP contribution in [-0.4, -0.2) is 29.8 Å². The van der Waals surface area contributed by atoms with E-state index in [1.54, 1.807) is 36.7 Å². The van der Waals surface area contributed by atoms with Gasteiger partial charge in [-0.05, 0) is 36.4 Å². The number of aromatic nitrogens is 1.